The molecule has 0 bridgehead atoms. The van der Waals surface area contributed by atoms with Gasteiger partial charge in [0, 0.05) is 0 Å². The van der Waals surface area contributed by atoms with Gasteiger partial charge in [-0.3, -0.25) is 4.40 Å². The number of fused-ring (bicyclic) bond motifs is 4. The molecule has 0 saturated heterocycles. The second kappa shape index (κ2) is 6.66. The van der Waals surface area contributed by atoms with Crippen LogP contribution in [0, 0.1) is 0 Å². The molecule has 6 rings (SSSR count). The molecule has 0 spiro atoms. The molecule has 0 fully saturated rings. The van der Waals surface area contributed by atoms with Crippen molar-refractivity contribution < 1.29 is 5.11 Å². The van der Waals surface area contributed by atoms with Gasteiger partial charge in [-0.25, -0.2) is 9.67 Å². The van der Waals surface area contributed by atoms with E-state index in [1.807, 2.05) is 36.4 Å². The third-order valence-corrected chi connectivity index (χ3v) is 5.97. The highest BCUT2D eigenvalue weighted by molar-refractivity contribution is 6.42. The van der Waals surface area contributed by atoms with E-state index in [-0.39, 0.29) is 5.75 Å². The summed E-state index contributed by atoms with van der Waals surface area (Å²) in [6.45, 7) is 0. The second-order valence-electron chi connectivity index (χ2n) is 7.07. The average molecular weight is 447 g/mol. The first-order chi connectivity index (χ1) is 15.1. The van der Waals surface area contributed by atoms with Gasteiger partial charge in [0.1, 0.15) is 12.1 Å². The molecule has 0 unspecified atom stereocenters. The van der Waals surface area contributed by atoms with Gasteiger partial charge in [0.2, 0.25) is 0 Å². The Hall–Kier alpha value is -3.68. The van der Waals surface area contributed by atoms with Crippen LogP contribution in [0.15, 0.2) is 67.1 Å². The lowest BCUT2D eigenvalue weighted by atomic mass is 10.1. The molecule has 1 N–H and O–H groups in total. The van der Waals surface area contributed by atoms with Crippen LogP contribution in [0.25, 0.3) is 44.5 Å². The smallest absolute Gasteiger partial charge is 0.175 e. The van der Waals surface area contributed by atoms with Crippen LogP contribution < -0.4 is 0 Å². The number of nitrogens with zero attached hydrogens (tertiary/aromatic N) is 6. The van der Waals surface area contributed by atoms with Crippen molar-refractivity contribution in [2.45, 2.75) is 0 Å². The van der Waals surface area contributed by atoms with E-state index in [1.165, 1.54) is 0 Å². The van der Waals surface area contributed by atoms with Gasteiger partial charge >= 0.3 is 0 Å². The molecule has 3 heterocycles. The fourth-order valence-corrected chi connectivity index (χ4v) is 4.01. The number of aromatic nitrogens is 6. The fourth-order valence-electron chi connectivity index (χ4n) is 3.72. The summed E-state index contributed by atoms with van der Waals surface area (Å²) in [4.78, 5) is 4.57. The van der Waals surface area contributed by atoms with Crippen LogP contribution >= 0.6 is 23.2 Å². The topological polar surface area (TPSA) is 81.1 Å². The summed E-state index contributed by atoms with van der Waals surface area (Å²) in [7, 11) is 0. The highest BCUT2D eigenvalue weighted by Crippen LogP contribution is 2.33. The molecule has 0 atom stereocenters. The molecular formula is C22H12Cl2N6O. The minimum atomic E-state index is 0.125. The molecule has 0 aliphatic heterocycles. The number of benzene rings is 3. The van der Waals surface area contributed by atoms with Gasteiger partial charge in [-0.15, -0.1) is 10.2 Å². The average Bonchev–Trinajstić information content (AvgIpc) is 3.39. The van der Waals surface area contributed by atoms with Crippen LogP contribution in [-0.4, -0.2) is 34.5 Å². The first-order valence-corrected chi connectivity index (χ1v) is 10.1. The standard InChI is InChI=1S/C22H12Cl2N6O/c23-17-6-5-14(9-18(17)24)30-20-16(10-26-30)22-28-27-21(29(22)11-25-20)15-7-12-3-1-2-4-13(12)8-19(15)31/h1-11,31H. The highest BCUT2D eigenvalue weighted by Gasteiger charge is 2.18. The maximum Gasteiger partial charge on any atom is 0.175 e. The predicted octanol–water partition coefficient (Wildman–Crippen LogP) is 5.30. The number of phenolic OH excluding ortho intramolecular Hbond substituents is 1. The van der Waals surface area contributed by atoms with Crippen LogP contribution in [0.2, 0.25) is 10.0 Å². The molecule has 0 aliphatic carbocycles. The third-order valence-electron chi connectivity index (χ3n) is 5.23. The summed E-state index contributed by atoms with van der Waals surface area (Å²) in [5, 5.41) is 27.3. The van der Waals surface area contributed by atoms with Crippen molar-refractivity contribution in [2.75, 3.05) is 0 Å². The van der Waals surface area contributed by atoms with Crippen molar-refractivity contribution in [3.05, 3.63) is 77.2 Å². The molecule has 0 amide bonds. The van der Waals surface area contributed by atoms with E-state index in [4.69, 9.17) is 23.2 Å². The Kier molecular flexibility index (Phi) is 3.89. The van der Waals surface area contributed by atoms with Crippen molar-refractivity contribution >= 4 is 50.7 Å². The molecule has 7 nitrogen and oxygen atoms in total. The van der Waals surface area contributed by atoms with Crippen LogP contribution in [0.1, 0.15) is 0 Å². The van der Waals surface area contributed by atoms with Crippen LogP contribution in [-0.2, 0) is 0 Å². The number of hydrogen-bond acceptors (Lipinski definition) is 5. The lowest BCUT2D eigenvalue weighted by molar-refractivity contribution is 0.477. The Morgan fingerprint density at radius 3 is 2.45 bits per heavy atom. The SMILES string of the molecule is Oc1cc2ccccc2cc1-c1nnc2c3cnn(-c4ccc(Cl)c(Cl)c4)c3ncn12. The molecule has 0 saturated carbocycles. The molecule has 0 aliphatic rings. The zero-order valence-corrected chi connectivity index (χ0v) is 17.2. The molecule has 150 valence electrons. The summed E-state index contributed by atoms with van der Waals surface area (Å²) in [5.74, 6) is 0.620. The Morgan fingerprint density at radius 2 is 1.65 bits per heavy atom. The van der Waals surface area contributed by atoms with E-state index in [0.717, 1.165) is 16.5 Å². The van der Waals surface area contributed by atoms with Gasteiger partial charge in [0.05, 0.1) is 32.9 Å². The van der Waals surface area contributed by atoms with Gasteiger partial charge in [-0.05, 0) is 41.1 Å². The monoisotopic (exact) mass is 446 g/mol. The van der Waals surface area contributed by atoms with Crippen molar-refractivity contribution in [1.29, 1.82) is 0 Å². The first-order valence-electron chi connectivity index (χ1n) is 9.35. The van der Waals surface area contributed by atoms with Gasteiger partial charge in [0.15, 0.2) is 17.1 Å². The predicted molar refractivity (Wildman–Crippen MR) is 120 cm³/mol. The Bertz CT molecular complexity index is 1640. The van der Waals surface area contributed by atoms with Gasteiger partial charge in [-0.2, -0.15) is 5.10 Å². The summed E-state index contributed by atoms with van der Waals surface area (Å²) in [6, 6.07) is 16.7. The number of aromatic hydroxyl groups is 1. The van der Waals surface area contributed by atoms with Crippen LogP contribution in [0.4, 0.5) is 0 Å². The third kappa shape index (κ3) is 2.74. The van der Waals surface area contributed by atoms with E-state index >= 15 is 0 Å². The van der Waals surface area contributed by atoms with E-state index in [2.05, 4.69) is 20.3 Å². The van der Waals surface area contributed by atoms with Crippen LogP contribution in [0.5, 0.6) is 5.75 Å². The van der Waals surface area contributed by atoms with Crippen molar-refractivity contribution in [3.8, 4) is 22.8 Å². The van der Waals surface area contributed by atoms with E-state index in [9.17, 15) is 5.11 Å². The van der Waals surface area contributed by atoms with Gasteiger partial charge < -0.3 is 5.11 Å². The Balaban J connectivity index is 1.55. The van der Waals surface area contributed by atoms with E-state index < -0.39 is 0 Å². The molecule has 31 heavy (non-hydrogen) atoms. The summed E-state index contributed by atoms with van der Waals surface area (Å²) in [5.41, 5.74) is 2.49. The minimum Gasteiger partial charge on any atom is -0.507 e. The molecule has 0 radical (unpaired) electrons. The van der Waals surface area contributed by atoms with Gasteiger partial charge in [0.25, 0.3) is 0 Å². The summed E-state index contributed by atoms with van der Waals surface area (Å²) >= 11 is 12.2. The van der Waals surface area contributed by atoms with E-state index in [1.54, 1.807) is 39.8 Å². The van der Waals surface area contributed by atoms with E-state index in [0.29, 0.717) is 38.1 Å². The number of halogens is 2. The first kappa shape index (κ1) is 18.1. The lowest BCUT2D eigenvalue weighted by Gasteiger charge is -2.07. The molecular weight excluding hydrogens is 435 g/mol. The van der Waals surface area contributed by atoms with Crippen molar-refractivity contribution in [1.82, 2.24) is 29.4 Å². The number of rotatable bonds is 2. The number of phenols is 1. The maximum absolute atomic E-state index is 10.6. The highest BCUT2D eigenvalue weighted by atomic mass is 35.5. The largest absolute Gasteiger partial charge is 0.507 e. The zero-order chi connectivity index (χ0) is 21.1. The molecule has 9 heteroatoms. The van der Waals surface area contributed by atoms with Crippen LogP contribution in [0.3, 0.4) is 0 Å². The van der Waals surface area contributed by atoms with Crippen molar-refractivity contribution in [3.63, 3.8) is 0 Å². The quantitative estimate of drug-likeness (QED) is 0.390. The normalized spacial score (nSPS) is 11.7. The van der Waals surface area contributed by atoms with Gasteiger partial charge in [-0.1, -0.05) is 47.5 Å². The zero-order valence-electron chi connectivity index (χ0n) is 15.7. The molecule has 3 aromatic carbocycles. The Labute approximate surface area is 185 Å². The second-order valence-corrected chi connectivity index (χ2v) is 7.88. The fraction of sp³-hybridized carbons (Fsp3) is 0. The Morgan fingerprint density at radius 1 is 0.839 bits per heavy atom. The number of hydrogen-bond donors (Lipinski definition) is 1. The molecule has 3 aromatic heterocycles. The van der Waals surface area contributed by atoms with Crippen molar-refractivity contribution in [2.24, 2.45) is 0 Å². The lowest BCUT2D eigenvalue weighted by Crippen LogP contribution is -1.99. The molecule has 6 aromatic rings. The summed E-state index contributed by atoms with van der Waals surface area (Å²) < 4.78 is 3.41. The summed E-state index contributed by atoms with van der Waals surface area (Å²) in [6.07, 6.45) is 3.30. The maximum atomic E-state index is 10.6. The minimum absolute atomic E-state index is 0.125.